The molecule has 0 aliphatic heterocycles. The molecule has 0 aliphatic carbocycles. The summed E-state index contributed by atoms with van der Waals surface area (Å²) in [5.41, 5.74) is 2.40. The maximum atomic E-state index is 12.3. The second-order valence-corrected chi connectivity index (χ2v) is 5.29. The first-order valence-corrected chi connectivity index (χ1v) is 7.27. The highest BCUT2D eigenvalue weighted by atomic mass is 32.1. The summed E-state index contributed by atoms with van der Waals surface area (Å²) >= 11 is 1.30. The van der Waals surface area contributed by atoms with Gasteiger partial charge in [-0.15, -0.1) is 0 Å². The van der Waals surface area contributed by atoms with Crippen LogP contribution in [0.25, 0.3) is 0 Å². The number of aryl methyl sites for hydroxylation is 1. The molecule has 0 atom stereocenters. The second kappa shape index (κ2) is 6.58. The van der Waals surface area contributed by atoms with Crippen LogP contribution in [-0.4, -0.2) is 36.4 Å². The minimum atomic E-state index is -0.0314. The summed E-state index contributed by atoms with van der Waals surface area (Å²) < 4.78 is 14.6. The summed E-state index contributed by atoms with van der Waals surface area (Å²) in [5.74, 6) is 1.30. The molecule has 112 valence electrons. The van der Waals surface area contributed by atoms with Crippen LogP contribution in [0.4, 0.5) is 0 Å². The molecule has 0 saturated carbocycles. The van der Waals surface area contributed by atoms with E-state index < -0.39 is 0 Å². The van der Waals surface area contributed by atoms with Crippen LogP contribution >= 0.6 is 11.5 Å². The number of hydrogen-bond acceptors (Lipinski definition) is 5. The van der Waals surface area contributed by atoms with Crippen LogP contribution in [0.15, 0.2) is 23.6 Å². The summed E-state index contributed by atoms with van der Waals surface area (Å²) in [6.07, 6.45) is 0. The topological polar surface area (TPSA) is 51.7 Å². The molecule has 5 nitrogen and oxygen atoms in total. The molecule has 0 radical (unpaired) electrons. The van der Waals surface area contributed by atoms with Gasteiger partial charge >= 0.3 is 0 Å². The molecule has 0 bridgehead atoms. The molecular formula is C15H18N2O3S. The number of ether oxygens (including phenoxy) is 2. The zero-order valence-corrected chi connectivity index (χ0v) is 13.4. The minimum absolute atomic E-state index is 0.0314. The number of aromatic nitrogens is 1. The molecule has 0 aliphatic rings. The first-order valence-electron chi connectivity index (χ1n) is 6.44. The highest BCUT2D eigenvalue weighted by Gasteiger charge is 2.16. The fourth-order valence-corrected chi connectivity index (χ4v) is 2.71. The molecule has 0 spiro atoms. The number of hydrogen-bond donors (Lipinski definition) is 0. The summed E-state index contributed by atoms with van der Waals surface area (Å²) in [7, 11) is 4.96. The molecular weight excluding hydrogens is 288 g/mol. The van der Waals surface area contributed by atoms with E-state index in [0.717, 1.165) is 11.3 Å². The lowest BCUT2D eigenvalue weighted by atomic mass is 10.1. The Labute approximate surface area is 128 Å². The van der Waals surface area contributed by atoms with Crippen LogP contribution in [0.5, 0.6) is 11.5 Å². The highest BCUT2D eigenvalue weighted by molar-refractivity contribution is 7.03. The van der Waals surface area contributed by atoms with Crippen molar-refractivity contribution in [3.63, 3.8) is 0 Å². The van der Waals surface area contributed by atoms with Crippen LogP contribution in [0.3, 0.4) is 0 Å². The predicted molar refractivity (Wildman–Crippen MR) is 82.2 cm³/mol. The van der Waals surface area contributed by atoms with E-state index in [1.807, 2.05) is 25.1 Å². The quantitative estimate of drug-likeness (QED) is 0.852. The summed E-state index contributed by atoms with van der Waals surface area (Å²) in [6, 6.07) is 5.63. The van der Waals surface area contributed by atoms with Crippen LogP contribution in [0.2, 0.25) is 0 Å². The van der Waals surface area contributed by atoms with E-state index in [9.17, 15) is 4.79 Å². The molecule has 0 unspecified atom stereocenters. The van der Waals surface area contributed by atoms with Crippen molar-refractivity contribution < 1.29 is 14.3 Å². The van der Waals surface area contributed by atoms with Crippen molar-refractivity contribution in [3.8, 4) is 11.5 Å². The standard InChI is InChI=1S/C15H18N2O3S/c1-10-12(9-21-16-10)15(18)17(2)8-11-5-6-13(19-3)14(7-11)20-4/h5-7,9H,8H2,1-4H3. The van der Waals surface area contributed by atoms with Crippen LogP contribution < -0.4 is 9.47 Å². The van der Waals surface area contributed by atoms with Crippen LogP contribution in [0, 0.1) is 6.92 Å². The Bertz CT molecular complexity index is 640. The molecule has 0 saturated heterocycles. The zero-order chi connectivity index (χ0) is 15.4. The maximum absolute atomic E-state index is 12.3. The lowest BCUT2D eigenvalue weighted by Gasteiger charge is -2.18. The first kappa shape index (κ1) is 15.3. The molecule has 0 fully saturated rings. The Balaban J connectivity index is 2.14. The summed E-state index contributed by atoms with van der Waals surface area (Å²) in [6.45, 7) is 2.34. The van der Waals surface area contributed by atoms with Crippen molar-refractivity contribution in [3.05, 3.63) is 40.4 Å². The number of benzene rings is 1. The molecule has 21 heavy (non-hydrogen) atoms. The van der Waals surface area contributed by atoms with Gasteiger partial charge in [-0.1, -0.05) is 6.07 Å². The number of carbonyl (C=O) groups is 1. The largest absolute Gasteiger partial charge is 0.493 e. The highest BCUT2D eigenvalue weighted by Crippen LogP contribution is 2.28. The minimum Gasteiger partial charge on any atom is -0.493 e. The smallest absolute Gasteiger partial charge is 0.256 e. The lowest BCUT2D eigenvalue weighted by molar-refractivity contribution is 0.0784. The van der Waals surface area contributed by atoms with E-state index >= 15 is 0 Å². The third kappa shape index (κ3) is 3.33. The molecule has 1 amide bonds. The second-order valence-electron chi connectivity index (χ2n) is 4.66. The van der Waals surface area contributed by atoms with Gasteiger partial charge in [-0.2, -0.15) is 4.37 Å². The monoisotopic (exact) mass is 306 g/mol. The normalized spacial score (nSPS) is 10.3. The molecule has 1 aromatic carbocycles. The molecule has 2 aromatic rings. The molecule has 1 aromatic heterocycles. The number of amides is 1. The van der Waals surface area contributed by atoms with Gasteiger partial charge in [0.2, 0.25) is 0 Å². The van der Waals surface area contributed by atoms with E-state index in [2.05, 4.69) is 4.37 Å². The van der Waals surface area contributed by atoms with Crippen molar-refractivity contribution in [2.45, 2.75) is 13.5 Å². The van der Waals surface area contributed by atoms with Gasteiger partial charge in [-0.05, 0) is 36.2 Å². The molecule has 1 heterocycles. The van der Waals surface area contributed by atoms with Crippen molar-refractivity contribution >= 4 is 17.4 Å². The third-order valence-electron chi connectivity index (χ3n) is 3.19. The molecule has 2 rings (SSSR count). The summed E-state index contributed by atoms with van der Waals surface area (Å²) in [5, 5.41) is 1.78. The summed E-state index contributed by atoms with van der Waals surface area (Å²) in [4.78, 5) is 14.0. The lowest BCUT2D eigenvalue weighted by Crippen LogP contribution is -2.26. The zero-order valence-electron chi connectivity index (χ0n) is 12.5. The van der Waals surface area contributed by atoms with Gasteiger partial charge in [0.25, 0.3) is 5.91 Å². The average Bonchev–Trinajstić information content (AvgIpc) is 2.92. The first-order chi connectivity index (χ1) is 10.1. The molecule has 0 N–H and O–H groups in total. The van der Waals surface area contributed by atoms with Crippen molar-refractivity contribution in [1.29, 1.82) is 0 Å². The van der Waals surface area contributed by atoms with Crippen LogP contribution in [0.1, 0.15) is 21.6 Å². The van der Waals surface area contributed by atoms with E-state index in [1.165, 1.54) is 11.5 Å². The predicted octanol–water partition coefficient (Wildman–Crippen LogP) is 2.74. The van der Waals surface area contributed by atoms with Gasteiger partial charge in [0.1, 0.15) is 0 Å². The fourth-order valence-electron chi connectivity index (χ4n) is 2.03. The molecule has 6 heteroatoms. The number of rotatable bonds is 5. The Hall–Kier alpha value is -2.08. The SMILES string of the molecule is COc1ccc(CN(C)C(=O)c2csnc2C)cc1OC. The van der Waals surface area contributed by atoms with Crippen molar-refractivity contribution in [2.24, 2.45) is 0 Å². The van der Waals surface area contributed by atoms with Gasteiger partial charge < -0.3 is 14.4 Å². The van der Waals surface area contributed by atoms with Gasteiger partial charge in [0.05, 0.1) is 25.5 Å². The van der Waals surface area contributed by atoms with E-state index in [-0.39, 0.29) is 5.91 Å². The number of carbonyl (C=O) groups excluding carboxylic acids is 1. The Morgan fingerprint density at radius 3 is 2.57 bits per heavy atom. The van der Waals surface area contributed by atoms with Gasteiger partial charge in [-0.25, -0.2) is 0 Å². The van der Waals surface area contributed by atoms with Crippen molar-refractivity contribution in [2.75, 3.05) is 21.3 Å². The number of nitrogens with zero attached hydrogens (tertiary/aromatic N) is 2. The Kier molecular flexibility index (Phi) is 4.80. The Morgan fingerprint density at radius 1 is 1.29 bits per heavy atom. The van der Waals surface area contributed by atoms with E-state index in [0.29, 0.717) is 23.6 Å². The van der Waals surface area contributed by atoms with Gasteiger partial charge in [0.15, 0.2) is 11.5 Å². The van der Waals surface area contributed by atoms with Crippen LogP contribution in [-0.2, 0) is 6.54 Å². The third-order valence-corrected chi connectivity index (χ3v) is 3.92. The average molecular weight is 306 g/mol. The van der Waals surface area contributed by atoms with Gasteiger partial charge in [-0.3, -0.25) is 4.79 Å². The Morgan fingerprint density at radius 2 is 2.00 bits per heavy atom. The fraction of sp³-hybridized carbons (Fsp3) is 0.333. The van der Waals surface area contributed by atoms with E-state index in [1.54, 1.807) is 31.5 Å². The van der Waals surface area contributed by atoms with Gasteiger partial charge in [0, 0.05) is 19.0 Å². The number of methoxy groups -OCH3 is 2. The van der Waals surface area contributed by atoms with E-state index in [4.69, 9.17) is 9.47 Å². The maximum Gasteiger partial charge on any atom is 0.256 e. The van der Waals surface area contributed by atoms with Crippen molar-refractivity contribution in [1.82, 2.24) is 9.27 Å².